The van der Waals surface area contributed by atoms with Crippen LogP contribution in [0.3, 0.4) is 0 Å². The molecule has 188 valence electrons. The molecule has 0 saturated carbocycles. The Morgan fingerprint density at radius 1 is 1.05 bits per heavy atom. The van der Waals surface area contributed by atoms with E-state index in [1.807, 2.05) is 35.7 Å². The number of non-ortho nitro benzene ring substituents is 1. The van der Waals surface area contributed by atoms with Gasteiger partial charge in [-0.15, -0.1) is 23.1 Å². The molecule has 0 saturated heterocycles. The normalized spacial score (nSPS) is 11.4. The Balaban J connectivity index is 1.34. The lowest BCUT2D eigenvalue weighted by Crippen LogP contribution is -2.22. The maximum Gasteiger partial charge on any atom is 0.269 e. The first-order valence-electron chi connectivity index (χ1n) is 11.1. The van der Waals surface area contributed by atoms with Gasteiger partial charge in [-0.25, -0.2) is 4.98 Å². The van der Waals surface area contributed by atoms with Crippen molar-refractivity contribution in [3.8, 4) is 17.0 Å². The second kappa shape index (κ2) is 11.7. The van der Waals surface area contributed by atoms with Gasteiger partial charge in [0.05, 0.1) is 23.0 Å². The van der Waals surface area contributed by atoms with Crippen LogP contribution in [0.25, 0.3) is 11.3 Å². The Morgan fingerprint density at radius 2 is 1.78 bits per heavy atom. The number of nitrogens with zero attached hydrogens (tertiary/aromatic N) is 2. The lowest BCUT2D eigenvalue weighted by atomic mass is 10.2. The SMILES string of the molecule is COc1ccc(-c2csc(NC(=O)C(C)Sc3cccc(NC(=O)c4ccc([N+](=O)[O-])cc4)c3)n2)cc1. The molecule has 37 heavy (non-hydrogen) atoms. The summed E-state index contributed by atoms with van der Waals surface area (Å²) in [6.45, 7) is 1.79. The van der Waals surface area contributed by atoms with Crippen LogP contribution in [-0.4, -0.2) is 34.1 Å². The van der Waals surface area contributed by atoms with Crippen molar-refractivity contribution >= 4 is 51.4 Å². The van der Waals surface area contributed by atoms with Crippen LogP contribution in [0.5, 0.6) is 5.75 Å². The van der Waals surface area contributed by atoms with Crippen LogP contribution in [0.4, 0.5) is 16.5 Å². The predicted octanol–water partition coefficient (Wildman–Crippen LogP) is 6.10. The molecule has 0 bridgehead atoms. The Morgan fingerprint density at radius 3 is 2.46 bits per heavy atom. The third-order valence-corrected chi connectivity index (χ3v) is 7.09. The molecule has 4 aromatic rings. The summed E-state index contributed by atoms with van der Waals surface area (Å²) in [6.07, 6.45) is 0. The standard InChI is InChI=1S/C26H22N4O5S2/c1-16(24(31)29-26-28-23(15-36-26)17-8-12-21(35-2)13-9-17)37-22-5-3-4-19(14-22)27-25(32)18-6-10-20(11-7-18)30(33)34/h3-16H,1-2H3,(H,27,32)(H,28,29,31). The van der Waals surface area contributed by atoms with Crippen molar-refractivity contribution in [1.82, 2.24) is 4.98 Å². The first kappa shape index (κ1) is 25.9. The fraction of sp³-hybridized carbons (Fsp3) is 0.115. The van der Waals surface area contributed by atoms with E-state index in [-0.39, 0.29) is 17.5 Å². The first-order valence-corrected chi connectivity index (χ1v) is 12.8. The Bertz CT molecular complexity index is 1420. The fourth-order valence-corrected chi connectivity index (χ4v) is 4.92. The minimum Gasteiger partial charge on any atom is -0.497 e. The molecule has 3 aromatic carbocycles. The molecular weight excluding hydrogens is 512 g/mol. The number of anilines is 2. The molecule has 0 aliphatic rings. The van der Waals surface area contributed by atoms with Gasteiger partial charge in [-0.2, -0.15) is 0 Å². The number of ether oxygens (including phenoxy) is 1. The van der Waals surface area contributed by atoms with E-state index >= 15 is 0 Å². The van der Waals surface area contributed by atoms with E-state index in [1.165, 1.54) is 47.4 Å². The van der Waals surface area contributed by atoms with Gasteiger partial charge in [0, 0.05) is 39.2 Å². The summed E-state index contributed by atoms with van der Waals surface area (Å²) in [5, 5.41) is 18.4. The number of methoxy groups -OCH3 is 1. The van der Waals surface area contributed by atoms with Gasteiger partial charge in [-0.1, -0.05) is 6.07 Å². The number of benzene rings is 3. The summed E-state index contributed by atoms with van der Waals surface area (Å²) in [6, 6.07) is 20.0. The van der Waals surface area contributed by atoms with Crippen molar-refractivity contribution in [1.29, 1.82) is 0 Å². The number of thiazole rings is 1. The highest BCUT2D eigenvalue weighted by atomic mass is 32.2. The first-order chi connectivity index (χ1) is 17.8. The van der Waals surface area contributed by atoms with Crippen LogP contribution >= 0.6 is 23.1 Å². The van der Waals surface area contributed by atoms with Crippen LogP contribution in [-0.2, 0) is 4.79 Å². The zero-order valence-corrected chi connectivity index (χ0v) is 21.5. The highest BCUT2D eigenvalue weighted by molar-refractivity contribution is 8.00. The average molecular weight is 535 g/mol. The second-order valence-electron chi connectivity index (χ2n) is 7.80. The van der Waals surface area contributed by atoms with E-state index in [9.17, 15) is 19.7 Å². The van der Waals surface area contributed by atoms with E-state index in [4.69, 9.17) is 4.74 Å². The number of nitro groups is 1. The van der Waals surface area contributed by atoms with Gasteiger partial charge in [0.1, 0.15) is 5.75 Å². The van der Waals surface area contributed by atoms with Crippen molar-refractivity contribution in [2.75, 3.05) is 17.7 Å². The molecule has 0 spiro atoms. The maximum atomic E-state index is 12.8. The number of rotatable bonds is 9. The van der Waals surface area contributed by atoms with Crippen molar-refractivity contribution < 1.29 is 19.2 Å². The monoisotopic (exact) mass is 534 g/mol. The number of carbonyl (C=O) groups excluding carboxylic acids is 2. The predicted molar refractivity (Wildman–Crippen MR) is 146 cm³/mol. The Kier molecular flexibility index (Phi) is 8.16. The minimum absolute atomic E-state index is 0.0862. The number of amides is 2. The number of nitrogens with one attached hydrogen (secondary N) is 2. The van der Waals surface area contributed by atoms with Crippen molar-refractivity contribution in [3.63, 3.8) is 0 Å². The van der Waals surface area contributed by atoms with Gasteiger partial charge < -0.3 is 15.4 Å². The van der Waals surface area contributed by atoms with Crippen molar-refractivity contribution in [2.45, 2.75) is 17.1 Å². The molecular formula is C26H22N4O5S2. The quantitative estimate of drug-likeness (QED) is 0.151. The fourth-order valence-electron chi connectivity index (χ4n) is 3.28. The minimum atomic E-state index is -0.520. The number of hydrogen-bond acceptors (Lipinski definition) is 8. The maximum absolute atomic E-state index is 12.8. The molecule has 4 rings (SSSR count). The van der Waals surface area contributed by atoms with Crippen LogP contribution in [0, 0.1) is 10.1 Å². The Hall–Kier alpha value is -4.22. The molecule has 1 heterocycles. The summed E-state index contributed by atoms with van der Waals surface area (Å²) in [5.41, 5.74) is 2.45. The Labute approximate surface area is 221 Å². The molecule has 0 aliphatic heterocycles. The molecule has 9 nitrogen and oxygen atoms in total. The zero-order chi connectivity index (χ0) is 26.4. The van der Waals surface area contributed by atoms with Gasteiger partial charge >= 0.3 is 0 Å². The average Bonchev–Trinajstić information content (AvgIpc) is 3.37. The molecule has 0 fully saturated rings. The molecule has 2 amide bonds. The van der Waals surface area contributed by atoms with Crippen molar-refractivity contribution in [3.05, 3.63) is 93.9 Å². The van der Waals surface area contributed by atoms with E-state index in [1.54, 1.807) is 32.2 Å². The number of aromatic nitrogens is 1. The number of nitro benzene ring substituents is 1. The lowest BCUT2D eigenvalue weighted by Gasteiger charge is -2.12. The van der Waals surface area contributed by atoms with E-state index < -0.39 is 10.2 Å². The van der Waals surface area contributed by atoms with E-state index in [2.05, 4.69) is 15.6 Å². The molecule has 1 unspecified atom stereocenters. The largest absolute Gasteiger partial charge is 0.497 e. The molecule has 0 aliphatic carbocycles. The lowest BCUT2D eigenvalue weighted by molar-refractivity contribution is -0.384. The molecule has 0 radical (unpaired) electrons. The third kappa shape index (κ3) is 6.72. The van der Waals surface area contributed by atoms with Gasteiger partial charge in [-0.3, -0.25) is 19.7 Å². The highest BCUT2D eigenvalue weighted by Gasteiger charge is 2.17. The topological polar surface area (TPSA) is 123 Å². The van der Waals surface area contributed by atoms with E-state index in [0.29, 0.717) is 16.4 Å². The summed E-state index contributed by atoms with van der Waals surface area (Å²) >= 11 is 2.69. The van der Waals surface area contributed by atoms with Crippen molar-refractivity contribution in [2.24, 2.45) is 0 Å². The summed E-state index contributed by atoms with van der Waals surface area (Å²) < 4.78 is 5.18. The smallest absolute Gasteiger partial charge is 0.269 e. The van der Waals surface area contributed by atoms with Crippen LogP contribution in [0.1, 0.15) is 17.3 Å². The molecule has 2 N–H and O–H groups in total. The van der Waals surface area contributed by atoms with Crippen LogP contribution in [0.15, 0.2) is 83.1 Å². The molecule has 1 atom stereocenters. The van der Waals surface area contributed by atoms with Crippen LogP contribution < -0.4 is 15.4 Å². The summed E-state index contributed by atoms with van der Waals surface area (Å²) in [5.74, 6) is 0.175. The summed E-state index contributed by atoms with van der Waals surface area (Å²) in [4.78, 5) is 40.9. The highest BCUT2D eigenvalue weighted by Crippen LogP contribution is 2.29. The van der Waals surface area contributed by atoms with Gasteiger partial charge in [-0.05, 0) is 61.5 Å². The third-order valence-electron chi connectivity index (χ3n) is 5.23. The number of carbonyl (C=O) groups is 2. The molecule has 11 heteroatoms. The summed E-state index contributed by atoms with van der Waals surface area (Å²) in [7, 11) is 1.61. The number of thioether (sulfide) groups is 1. The molecule has 1 aromatic heterocycles. The van der Waals surface area contributed by atoms with Gasteiger partial charge in [0.2, 0.25) is 5.91 Å². The van der Waals surface area contributed by atoms with Crippen LogP contribution in [0.2, 0.25) is 0 Å². The second-order valence-corrected chi connectivity index (χ2v) is 10.1. The van der Waals surface area contributed by atoms with E-state index in [0.717, 1.165) is 21.9 Å². The van der Waals surface area contributed by atoms with Gasteiger partial charge in [0.25, 0.3) is 11.6 Å². The zero-order valence-electron chi connectivity index (χ0n) is 19.8. The van der Waals surface area contributed by atoms with Gasteiger partial charge in [0.15, 0.2) is 5.13 Å². The number of hydrogen-bond donors (Lipinski definition) is 2.